The van der Waals surface area contributed by atoms with Gasteiger partial charge in [-0.25, -0.2) is 4.79 Å². The molecule has 0 aliphatic heterocycles. The summed E-state index contributed by atoms with van der Waals surface area (Å²) >= 11 is 0. The zero-order valence-corrected chi connectivity index (χ0v) is 20.6. The molecule has 9 heteroatoms. The first-order valence-electron chi connectivity index (χ1n) is 12.5. The predicted octanol–water partition coefficient (Wildman–Crippen LogP) is 4.64. The molecule has 0 unspecified atom stereocenters. The Balaban J connectivity index is 1.41. The highest BCUT2D eigenvalue weighted by Gasteiger charge is 2.27. The number of aryl methyl sites for hydroxylation is 1. The summed E-state index contributed by atoms with van der Waals surface area (Å²) in [5, 5.41) is 14.6. The van der Waals surface area contributed by atoms with E-state index in [0.29, 0.717) is 36.4 Å². The first kappa shape index (κ1) is 24.0. The lowest BCUT2D eigenvalue weighted by Crippen LogP contribution is -2.43. The minimum Gasteiger partial charge on any atom is -0.497 e. The van der Waals surface area contributed by atoms with Gasteiger partial charge in [0.2, 0.25) is 0 Å². The van der Waals surface area contributed by atoms with Gasteiger partial charge in [-0.3, -0.25) is 9.78 Å². The van der Waals surface area contributed by atoms with Crippen molar-refractivity contribution >= 4 is 23.0 Å². The lowest BCUT2D eigenvalue weighted by atomic mass is 9.91. The SMILES string of the molecule is COc1ccc(OCC2CC2)c(-c2ccnc3c(C(=O)N[C@H]4CC[C@@H](NC(=O)O)CC4)c(C)[nH]c23)c1. The highest BCUT2D eigenvalue weighted by atomic mass is 16.5. The third kappa shape index (κ3) is 5.10. The number of fused-ring (bicyclic) bond motifs is 1. The van der Waals surface area contributed by atoms with E-state index >= 15 is 0 Å². The van der Waals surface area contributed by atoms with Gasteiger partial charge < -0.3 is 30.2 Å². The van der Waals surface area contributed by atoms with Crippen molar-refractivity contribution in [2.45, 2.75) is 57.5 Å². The van der Waals surface area contributed by atoms with Crippen LogP contribution in [0.25, 0.3) is 22.2 Å². The summed E-state index contributed by atoms with van der Waals surface area (Å²) in [6.45, 7) is 2.57. The van der Waals surface area contributed by atoms with Gasteiger partial charge in [-0.15, -0.1) is 0 Å². The number of pyridine rings is 1. The van der Waals surface area contributed by atoms with Crippen LogP contribution in [0.4, 0.5) is 4.79 Å². The number of nitrogens with one attached hydrogen (secondary N) is 3. The number of carbonyl (C=O) groups is 2. The van der Waals surface area contributed by atoms with E-state index in [0.717, 1.165) is 46.7 Å². The molecular weight excluding hydrogens is 460 g/mol. The van der Waals surface area contributed by atoms with Gasteiger partial charge in [0.1, 0.15) is 17.0 Å². The summed E-state index contributed by atoms with van der Waals surface area (Å²) in [5.74, 6) is 1.95. The second kappa shape index (κ2) is 10.1. The fourth-order valence-electron chi connectivity index (χ4n) is 4.99. The molecule has 0 bridgehead atoms. The summed E-state index contributed by atoms with van der Waals surface area (Å²) in [6, 6.07) is 7.64. The number of benzene rings is 1. The minimum absolute atomic E-state index is 0.00214. The van der Waals surface area contributed by atoms with Crippen LogP contribution in [0.2, 0.25) is 0 Å². The van der Waals surface area contributed by atoms with E-state index in [1.165, 1.54) is 12.8 Å². The number of nitrogens with zero attached hydrogens (tertiary/aromatic N) is 1. The topological polar surface area (TPSA) is 126 Å². The molecule has 9 nitrogen and oxygen atoms in total. The highest BCUT2D eigenvalue weighted by Crippen LogP contribution is 2.39. The van der Waals surface area contributed by atoms with Crippen LogP contribution in [-0.2, 0) is 0 Å². The molecule has 0 atom stereocenters. The molecule has 0 spiro atoms. The van der Waals surface area contributed by atoms with Crippen molar-refractivity contribution in [3.05, 3.63) is 41.7 Å². The van der Waals surface area contributed by atoms with E-state index in [1.807, 2.05) is 31.2 Å². The summed E-state index contributed by atoms with van der Waals surface area (Å²) in [5.41, 5.74) is 4.44. The van der Waals surface area contributed by atoms with E-state index in [1.54, 1.807) is 13.3 Å². The number of ether oxygens (including phenoxy) is 2. The molecule has 2 saturated carbocycles. The number of carboxylic acid groups (broad SMARTS) is 1. The normalized spacial score (nSPS) is 19.6. The van der Waals surface area contributed by atoms with Crippen LogP contribution < -0.4 is 20.1 Å². The van der Waals surface area contributed by atoms with Crippen LogP contribution in [0, 0.1) is 12.8 Å². The van der Waals surface area contributed by atoms with Crippen LogP contribution in [0.1, 0.15) is 54.6 Å². The smallest absolute Gasteiger partial charge is 0.404 e. The minimum atomic E-state index is -1.00. The molecule has 5 rings (SSSR count). The quantitative estimate of drug-likeness (QED) is 0.363. The van der Waals surface area contributed by atoms with Crippen molar-refractivity contribution in [2.24, 2.45) is 5.92 Å². The van der Waals surface area contributed by atoms with Crippen molar-refractivity contribution in [1.29, 1.82) is 0 Å². The monoisotopic (exact) mass is 492 g/mol. The molecule has 1 aromatic carbocycles. The first-order valence-corrected chi connectivity index (χ1v) is 12.5. The largest absolute Gasteiger partial charge is 0.497 e. The lowest BCUT2D eigenvalue weighted by molar-refractivity contribution is 0.0924. The van der Waals surface area contributed by atoms with Gasteiger partial charge in [-0.1, -0.05) is 0 Å². The van der Waals surface area contributed by atoms with Gasteiger partial charge >= 0.3 is 6.09 Å². The fraction of sp³-hybridized carbons (Fsp3) is 0.444. The molecule has 36 heavy (non-hydrogen) atoms. The molecule has 2 aromatic heterocycles. The molecule has 2 aliphatic rings. The Kier molecular flexibility index (Phi) is 6.71. The number of H-pyrrole nitrogens is 1. The van der Waals surface area contributed by atoms with Crippen molar-refractivity contribution in [1.82, 2.24) is 20.6 Å². The molecule has 2 aliphatic carbocycles. The molecule has 190 valence electrons. The van der Waals surface area contributed by atoms with Crippen LogP contribution in [0.5, 0.6) is 11.5 Å². The van der Waals surface area contributed by atoms with Crippen molar-refractivity contribution in [3.8, 4) is 22.6 Å². The third-order valence-electron chi connectivity index (χ3n) is 7.14. The maximum absolute atomic E-state index is 13.3. The number of hydrogen-bond donors (Lipinski definition) is 4. The Morgan fingerprint density at radius 1 is 1.06 bits per heavy atom. The van der Waals surface area contributed by atoms with E-state index in [9.17, 15) is 9.59 Å². The summed E-state index contributed by atoms with van der Waals surface area (Å²) in [4.78, 5) is 32.2. The summed E-state index contributed by atoms with van der Waals surface area (Å²) in [6.07, 6.45) is 5.97. The maximum atomic E-state index is 13.3. The van der Waals surface area contributed by atoms with Gasteiger partial charge in [0, 0.05) is 35.1 Å². The lowest BCUT2D eigenvalue weighted by Gasteiger charge is -2.28. The first-order chi connectivity index (χ1) is 17.4. The highest BCUT2D eigenvalue weighted by molar-refractivity contribution is 6.09. The second-order valence-corrected chi connectivity index (χ2v) is 9.80. The van der Waals surface area contributed by atoms with E-state index in [-0.39, 0.29) is 18.0 Å². The van der Waals surface area contributed by atoms with Gasteiger partial charge in [-0.2, -0.15) is 0 Å². The van der Waals surface area contributed by atoms with Crippen LogP contribution in [0.3, 0.4) is 0 Å². The third-order valence-corrected chi connectivity index (χ3v) is 7.14. The summed E-state index contributed by atoms with van der Waals surface area (Å²) < 4.78 is 11.6. The summed E-state index contributed by atoms with van der Waals surface area (Å²) in [7, 11) is 1.64. The Morgan fingerprint density at radius 2 is 1.78 bits per heavy atom. The molecule has 0 saturated heterocycles. The zero-order chi connectivity index (χ0) is 25.2. The van der Waals surface area contributed by atoms with E-state index in [4.69, 9.17) is 14.6 Å². The Hall–Kier alpha value is -3.75. The number of methoxy groups -OCH3 is 1. The van der Waals surface area contributed by atoms with Crippen LogP contribution in [0.15, 0.2) is 30.5 Å². The van der Waals surface area contributed by atoms with Gasteiger partial charge in [0.05, 0.1) is 24.8 Å². The van der Waals surface area contributed by atoms with E-state index in [2.05, 4.69) is 20.6 Å². The van der Waals surface area contributed by atoms with Crippen molar-refractivity contribution in [2.75, 3.05) is 13.7 Å². The molecule has 2 fully saturated rings. The molecule has 2 amide bonds. The Labute approximate surface area is 209 Å². The van der Waals surface area contributed by atoms with Gasteiger partial charge in [0.25, 0.3) is 5.91 Å². The predicted molar refractivity (Wildman–Crippen MR) is 136 cm³/mol. The number of aromatic nitrogens is 2. The van der Waals surface area contributed by atoms with E-state index < -0.39 is 6.09 Å². The maximum Gasteiger partial charge on any atom is 0.404 e. The Morgan fingerprint density at radius 3 is 2.44 bits per heavy atom. The molecule has 2 heterocycles. The van der Waals surface area contributed by atoms with Crippen LogP contribution in [-0.4, -0.2) is 52.9 Å². The number of amides is 2. The average Bonchev–Trinajstić information content (AvgIpc) is 3.63. The molecule has 3 aromatic rings. The molecule has 4 N–H and O–H groups in total. The van der Waals surface area contributed by atoms with Crippen LogP contribution >= 0.6 is 0 Å². The number of aromatic amines is 1. The number of hydrogen-bond acceptors (Lipinski definition) is 5. The van der Waals surface area contributed by atoms with Crippen molar-refractivity contribution in [3.63, 3.8) is 0 Å². The number of rotatable bonds is 8. The second-order valence-electron chi connectivity index (χ2n) is 9.80. The standard InChI is InChI=1S/C27H32N4O5/c1-15-23(26(32)30-17-5-7-18(8-6-17)31-27(33)34)25-24(29-15)20(11-12-28-25)21-13-19(35-2)9-10-22(21)36-14-16-3-4-16/h9-13,16-18,29,31H,3-8,14H2,1-2H3,(H,30,32)(H,33,34)/t17-,18+. The van der Waals surface area contributed by atoms with Gasteiger partial charge in [0.15, 0.2) is 0 Å². The average molecular weight is 493 g/mol. The van der Waals surface area contributed by atoms with Crippen molar-refractivity contribution < 1.29 is 24.2 Å². The number of carbonyl (C=O) groups excluding carboxylic acids is 1. The Bertz CT molecular complexity index is 1270. The van der Waals surface area contributed by atoms with Gasteiger partial charge in [-0.05, 0) is 75.6 Å². The zero-order valence-electron chi connectivity index (χ0n) is 20.6. The fourth-order valence-corrected chi connectivity index (χ4v) is 4.99. The molecular formula is C27H32N4O5. The molecule has 0 radical (unpaired) electrons.